The van der Waals surface area contributed by atoms with Gasteiger partial charge in [0.1, 0.15) is 0 Å². The molecule has 3 aromatic carbocycles. The molecule has 0 saturated carbocycles. The number of aryl methyl sites for hydroxylation is 1. The number of benzene rings is 3. The Morgan fingerprint density at radius 3 is 2.22 bits per heavy atom. The minimum Gasteiger partial charge on any atom is -0.352 e. The Kier molecular flexibility index (Phi) is 8.70. The quantitative estimate of drug-likeness (QED) is 0.429. The lowest BCUT2D eigenvalue weighted by molar-refractivity contribution is -0.121. The largest absolute Gasteiger partial charge is 0.352 e. The number of amides is 1. The van der Waals surface area contributed by atoms with Gasteiger partial charge in [-0.05, 0) is 53.8 Å². The van der Waals surface area contributed by atoms with Crippen molar-refractivity contribution in [2.75, 3.05) is 6.54 Å². The van der Waals surface area contributed by atoms with Crippen LogP contribution < -0.4 is 10.0 Å². The van der Waals surface area contributed by atoms with Crippen LogP contribution in [-0.2, 0) is 34.2 Å². The molecule has 0 saturated heterocycles. The second-order valence-electron chi connectivity index (χ2n) is 7.29. The number of sulfonamides is 1. The van der Waals surface area contributed by atoms with Gasteiger partial charge in [-0.15, -0.1) is 0 Å². The van der Waals surface area contributed by atoms with Crippen molar-refractivity contribution in [1.29, 1.82) is 0 Å². The molecule has 3 aromatic rings. The zero-order valence-electron chi connectivity index (χ0n) is 17.4. The Hall–Kier alpha value is -2.38. The predicted molar refractivity (Wildman–Crippen MR) is 128 cm³/mol. The van der Waals surface area contributed by atoms with Crippen LogP contribution >= 0.6 is 23.2 Å². The highest BCUT2D eigenvalue weighted by Crippen LogP contribution is 2.20. The standard InChI is InChI=1S/C24H24Cl2N2O3S/c25-21-10-9-20(23(26)16-21)17-27-24(29)13-8-19-6-11-22(12-7-19)32(30,31)28-15-14-18-4-2-1-3-5-18/h1-7,9-12,16,28H,8,13-15,17H2,(H,27,29). The second kappa shape index (κ2) is 11.5. The lowest BCUT2D eigenvalue weighted by Crippen LogP contribution is -2.26. The van der Waals surface area contributed by atoms with Gasteiger partial charge in [0.05, 0.1) is 4.90 Å². The van der Waals surface area contributed by atoms with Gasteiger partial charge in [-0.2, -0.15) is 0 Å². The van der Waals surface area contributed by atoms with Crippen LogP contribution in [0, 0.1) is 0 Å². The van der Waals surface area contributed by atoms with Gasteiger partial charge in [-0.1, -0.05) is 71.7 Å². The van der Waals surface area contributed by atoms with E-state index >= 15 is 0 Å². The fraction of sp³-hybridized carbons (Fsp3) is 0.208. The number of nitrogens with one attached hydrogen (secondary N) is 2. The molecule has 0 atom stereocenters. The average Bonchev–Trinajstić information content (AvgIpc) is 2.78. The maximum Gasteiger partial charge on any atom is 0.240 e. The molecule has 0 radical (unpaired) electrons. The summed E-state index contributed by atoms with van der Waals surface area (Å²) in [6, 6.07) is 21.4. The van der Waals surface area contributed by atoms with Crippen LogP contribution in [0.1, 0.15) is 23.1 Å². The Labute approximate surface area is 198 Å². The zero-order valence-corrected chi connectivity index (χ0v) is 19.7. The van der Waals surface area contributed by atoms with Gasteiger partial charge in [0.15, 0.2) is 0 Å². The summed E-state index contributed by atoms with van der Waals surface area (Å²) in [5, 5.41) is 3.88. The molecule has 0 fully saturated rings. The van der Waals surface area contributed by atoms with Crippen LogP contribution in [0.4, 0.5) is 0 Å². The normalized spacial score (nSPS) is 11.3. The fourth-order valence-corrected chi connectivity index (χ4v) is 4.61. The molecule has 0 aliphatic carbocycles. The first-order valence-corrected chi connectivity index (χ1v) is 12.4. The van der Waals surface area contributed by atoms with Gasteiger partial charge in [0.25, 0.3) is 0 Å². The highest BCUT2D eigenvalue weighted by Gasteiger charge is 2.13. The number of carbonyl (C=O) groups excluding carboxylic acids is 1. The Balaban J connectivity index is 1.45. The van der Waals surface area contributed by atoms with E-state index < -0.39 is 10.0 Å². The van der Waals surface area contributed by atoms with Gasteiger partial charge in [0, 0.05) is 29.6 Å². The first kappa shape index (κ1) is 24.3. The average molecular weight is 491 g/mol. The van der Waals surface area contributed by atoms with Crippen molar-refractivity contribution in [3.63, 3.8) is 0 Å². The fourth-order valence-electron chi connectivity index (χ4n) is 3.10. The smallest absolute Gasteiger partial charge is 0.240 e. The lowest BCUT2D eigenvalue weighted by Gasteiger charge is -2.09. The first-order chi connectivity index (χ1) is 15.3. The van der Waals surface area contributed by atoms with E-state index in [1.54, 1.807) is 42.5 Å². The molecule has 0 aliphatic rings. The first-order valence-electron chi connectivity index (χ1n) is 10.2. The van der Waals surface area contributed by atoms with Crippen molar-refractivity contribution in [1.82, 2.24) is 10.0 Å². The highest BCUT2D eigenvalue weighted by molar-refractivity contribution is 7.89. The third-order valence-electron chi connectivity index (χ3n) is 4.91. The molecule has 0 unspecified atom stereocenters. The van der Waals surface area contributed by atoms with Gasteiger partial charge < -0.3 is 5.32 Å². The predicted octanol–water partition coefficient (Wildman–Crippen LogP) is 4.76. The SMILES string of the molecule is O=C(CCc1ccc(S(=O)(=O)NCCc2ccccc2)cc1)NCc1ccc(Cl)cc1Cl. The van der Waals surface area contributed by atoms with E-state index in [2.05, 4.69) is 10.0 Å². The molecule has 8 heteroatoms. The summed E-state index contributed by atoms with van der Waals surface area (Å²) < 4.78 is 27.6. The summed E-state index contributed by atoms with van der Waals surface area (Å²) in [5.41, 5.74) is 2.74. The maximum atomic E-state index is 12.5. The Bertz CT molecular complexity index is 1150. The third kappa shape index (κ3) is 7.35. The summed E-state index contributed by atoms with van der Waals surface area (Å²) in [6.45, 7) is 0.645. The second-order valence-corrected chi connectivity index (χ2v) is 9.90. The van der Waals surface area contributed by atoms with E-state index in [4.69, 9.17) is 23.2 Å². The van der Waals surface area contributed by atoms with Crippen molar-refractivity contribution < 1.29 is 13.2 Å². The molecule has 3 rings (SSSR count). The minimum atomic E-state index is -3.58. The van der Waals surface area contributed by atoms with Gasteiger partial charge >= 0.3 is 0 Å². The number of hydrogen-bond acceptors (Lipinski definition) is 3. The third-order valence-corrected chi connectivity index (χ3v) is 6.98. The number of rotatable bonds is 10. The van der Waals surface area contributed by atoms with Crippen LogP contribution in [0.3, 0.4) is 0 Å². The zero-order chi connectivity index (χ0) is 23.0. The summed E-state index contributed by atoms with van der Waals surface area (Å²) in [5.74, 6) is -0.115. The molecule has 0 spiro atoms. The van der Waals surface area contributed by atoms with E-state index in [0.29, 0.717) is 36.0 Å². The summed E-state index contributed by atoms with van der Waals surface area (Å²) >= 11 is 12.0. The van der Waals surface area contributed by atoms with Gasteiger partial charge in [0.2, 0.25) is 15.9 Å². The molecule has 0 aromatic heterocycles. The van der Waals surface area contributed by atoms with Crippen molar-refractivity contribution in [2.45, 2.75) is 30.7 Å². The molecule has 0 bridgehead atoms. The van der Waals surface area contributed by atoms with E-state index in [9.17, 15) is 13.2 Å². The number of hydrogen-bond donors (Lipinski definition) is 2. The van der Waals surface area contributed by atoms with Crippen molar-refractivity contribution in [3.05, 3.63) is 99.5 Å². The van der Waals surface area contributed by atoms with Crippen LogP contribution in [0.25, 0.3) is 0 Å². The lowest BCUT2D eigenvalue weighted by atomic mass is 10.1. The molecule has 168 valence electrons. The summed E-state index contributed by atoms with van der Waals surface area (Å²) in [6.07, 6.45) is 1.41. The van der Waals surface area contributed by atoms with E-state index in [0.717, 1.165) is 16.7 Å². The molecular weight excluding hydrogens is 467 g/mol. The van der Waals surface area contributed by atoms with Crippen LogP contribution in [0.5, 0.6) is 0 Å². The number of halogens is 2. The van der Waals surface area contributed by atoms with Crippen LogP contribution in [0.2, 0.25) is 10.0 Å². The number of carbonyl (C=O) groups is 1. The highest BCUT2D eigenvalue weighted by atomic mass is 35.5. The summed E-state index contributed by atoms with van der Waals surface area (Å²) in [4.78, 5) is 12.3. The molecular formula is C24H24Cl2N2O3S. The molecule has 2 N–H and O–H groups in total. The Morgan fingerprint density at radius 1 is 0.844 bits per heavy atom. The van der Waals surface area contributed by atoms with Crippen LogP contribution in [0.15, 0.2) is 77.7 Å². The van der Waals surface area contributed by atoms with E-state index in [1.165, 1.54) is 0 Å². The molecule has 0 heterocycles. The van der Waals surface area contributed by atoms with Crippen LogP contribution in [-0.4, -0.2) is 20.9 Å². The van der Waals surface area contributed by atoms with Crippen molar-refractivity contribution >= 4 is 39.1 Å². The van der Waals surface area contributed by atoms with Crippen molar-refractivity contribution in [3.8, 4) is 0 Å². The molecule has 32 heavy (non-hydrogen) atoms. The summed E-state index contributed by atoms with van der Waals surface area (Å²) in [7, 11) is -3.58. The van der Waals surface area contributed by atoms with Gasteiger partial charge in [-0.25, -0.2) is 13.1 Å². The van der Waals surface area contributed by atoms with E-state index in [-0.39, 0.29) is 17.2 Å². The topological polar surface area (TPSA) is 75.3 Å². The van der Waals surface area contributed by atoms with Crippen molar-refractivity contribution in [2.24, 2.45) is 0 Å². The Morgan fingerprint density at radius 2 is 1.53 bits per heavy atom. The van der Waals surface area contributed by atoms with Gasteiger partial charge in [-0.3, -0.25) is 4.79 Å². The minimum absolute atomic E-state index is 0.115. The monoisotopic (exact) mass is 490 g/mol. The molecule has 1 amide bonds. The van der Waals surface area contributed by atoms with E-state index in [1.807, 2.05) is 30.3 Å². The molecule has 0 aliphatic heterocycles. The maximum absolute atomic E-state index is 12.5. The molecule has 5 nitrogen and oxygen atoms in total.